The molecular weight excluding hydrogens is 316 g/mol. The second-order valence-electron chi connectivity index (χ2n) is 5.55. The topological polar surface area (TPSA) is 82.6 Å². The summed E-state index contributed by atoms with van der Waals surface area (Å²) in [6, 6.07) is 4.97. The van der Waals surface area contributed by atoms with Crippen molar-refractivity contribution >= 4 is 21.7 Å². The van der Waals surface area contributed by atoms with E-state index in [9.17, 15) is 13.2 Å². The summed E-state index contributed by atoms with van der Waals surface area (Å²) < 4.78 is 26.7. The first-order valence-corrected chi connectivity index (χ1v) is 9.35. The van der Waals surface area contributed by atoms with E-state index in [0.29, 0.717) is 32.0 Å². The van der Waals surface area contributed by atoms with Crippen LogP contribution in [0, 0.1) is 0 Å². The highest BCUT2D eigenvalue weighted by Gasteiger charge is 2.30. The smallest absolute Gasteiger partial charge is 0.260 e. The van der Waals surface area contributed by atoms with Crippen LogP contribution in [0.4, 0.5) is 5.82 Å². The molecule has 1 aliphatic rings. The molecule has 1 saturated heterocycles. The lowest BCUT2D eigenvalue weighted by atomic mass is 10.3. The van der Waals surface area contributed by atoms with Crippen molar-refractivity contribution in [3.8, 4) is 0 Å². The number of nitrogens with one attached hydrogen (secondary N) is 1. The number of sulfonamides is 1. The highest BCUT2D eigenvalue weighted by atomic mass is 32.2. The van der Waals surface area contributed by atoms with E-state index >= 15 is 0 Å². The number of unbranched alkanes of at least 4 members (excludes halogenated alkanes) is 1. The number of aromatic nitrogens is 1. The Hall–Kier alpha value is -1.67. The molecule has 1 N–H and O–H groups in total. The summed E-state index contributed by atoms with van der Waals surface area (Å²) in [7, 11) is -3.62. The maximum atomic E-state index is 12.7. The molecular formula is C15H24N4O3S. The van der Waals surface area contributed by atoms with Crippen LogP contribution in [0.3, 0.4) is 0 Å². The van der Waals surface area contributed by atoms with E-state index in [2.05, 4.69) is 17.2 Å². The predicted octanol–water partition coefficient (Wildman–Crippen LogP) is 1.15. The Bertz CT molecular complexity index is 640. The standard InChI is InChI=1S/C15H24N4O3S/c1-3-4-8-16-14-6-5-7-15(17-14)23(21,22)19-11-9-18(10-12-19)13(2)20/h5-7H,3-4,8-12H2,1-2H3,(H,16,17). The number of nitrogens with zero attached hydrogens (tertiary/aromatic N) is 3. The maximum absolute atomic E-state index is 12.7. The van der Waals surface area contributed by atoms with Crippen molar-refractivity contribution < 1.29 is 13.2 Å². The zero-order chi connectivity index (χ0) is 16.9. The molecule has 0 spiro atoms. The Morgan fingerprint density at radius 1 is 1.26 bits per heavy atom. The molecule has 2 heterocycles. The number of hydrogen-bond acceptors (Lipinski definition) is 5. The quantitative estimate of drug-likeness (QED) is 0.786. The van der Waals surface area contributed by atoms with Gasteiger partial charge in [0, 0.05) is 39.6 Å². The third-order valence-corrected chi connectivity index (χ3v) is 5.65. The van der Waals surface area contributed by atoms with E-state index in [0.717, 1.165) is 19.4 Å². The molecule has 7 nitrogen and oxygen atoms in total. The van der Waals surface area contributed by atoms with Crippen molar-refractivity contribution in [2.75, 3.05) is 38.0 Å². The Balaban J connectivity index is 2.08. The average Bonchev–Trinajstić information content (AvgIpc) is 2.55. The molecule has 0 bridgehead atoms. The summed E-state index contributed by atoms with van der Waals surface area (Å²) >= 11 is 0. The molecule has 8 heteroatoms. The fraction of sp³-hybridized carbons (Fsp3) is 0.600. The molecule has 1 aromatic rings. The SMILES string of the molecule is CCCCNc1cccc(S(=O)(=O)N2CCN(C(C)=O)CC2)n1. The molecule has 0 radical (unpaired) electrons. The highest BCUT2D eigenvalue weighted by molar-refractivity contribution is 7.89. The van der Waals surface area contributed by atoms with Crippen LogP contribution in [0.15, 0.2) is 23.2 Å². The first kappa shape index (κ1) is 17.7. The molecule has 1 aromatic heterocycles. The number of carbonyl (C=O) groups excluding carboxylic acids is 1. The zero-order valence-electron chi connectivity index (χ0n) is 13.7. The summed E-state index contributed by atoms with van der Waals surface area (Å²) in [6.45, 7) is 5.80. The summed E-state index contributed by atoms with van der Waals surface area (Å²) in [4.78, 5) is 17.2. The number of rotatable bonds is 6. The van der Waals surface area contributed by atoms with Crippen LogP contribution in [-0.2, 0) is 14.8 Å². The van der Waals surface area contributed by atoms with Crippen LogP contribution < -0.4 is 5.32 Å². The third-order valence-electron chi connectivity index (χ3n) is 3.85. The fourth-order valence-electron chi connectivity index (χ4n) is 2.43. The minimum Gasteiger partial charge on any atom is -0.370 e. The van der Waals surface area contributed by atoms with Gasteiger partial charge in [0.25, 0.3) is 10.0 Å². The molecule has 128 valence electrons. The third kappa shape index (κ3) is 4.42. The summed E-state index contributed by atoms with van der Waals surface area (Å²) in [5.74, 6) is 0.546. The van der Waals surface area contributed by atoms with E-state index in [4.69, 9.17) is 0 Å². The van der Waals surface area contributed by atoms with Crippen molar-refractivity contribution in [1.29, 1.82) is 0 Å². The van der Waals surface area contributed by atoms with Gasteiger partial charge in [0.1, 0.15) is 5.82 Å². The minimum atomic E-state index is -3.62. The second-order valence-corrected chi connectivity index (χ2v) is 7.44. The minimum absolute atomic E-state index is 0.0257. The lowest BCUT2D eigenvalue weighted by Crippen LogP contribution is -2.50. The molecule has 0 aromatic carbocycles. The van der Waals surface area contributed by atoms with Gasteiger partial charge in [-0.05, 0) is 18.6 Å². The molecule has 0 unspecified atom stereocenters. The van der Waals surface area contributed by atoms with E-state index in [-0.39, 0.29) is 10.9 Å². The Kier molecular flexibility index (Phi) is 5.95. The van der Waals surface area contributed by atoms with Gasteiger partial charge < -0.3 is 10.2 Å². The van der Waals surface area contributed by atoms with Gasteiger partial charge in [-0.3, -0.25) is 4.79 Å². The van der Waals surface area contributed by atoms with Crippen molar-refractivity contribution in [2.45, 2.75) is 31.7 Å². The lowest BCUT2D eigenvalue weighted by molar-refractivity contribution is -0.129. The van der Waals surface area contributed by atoms with Crippen LogP contribution in [0.2, 0.25) is 0 Å². The summed E-state index contributed by atoms with van der Waals surface area (Å²) in [6.07, 6.45) is 2.07. The van der Waals surface area contributed by atoms with Gasteiger partial charge in [0.2, 0.25) is 5.91 Å². The monoisotopic (exact) mass is 340 g/mol. The van der Waals surface area contributed by atoms with Gasteiger partial charge in [-0.15, -0.1) is 0 Å². The van der Waals surface area contributed by atoms with Crippen LogP contribution >= 0.6 is 0 Å². The number of hydrogen-bond donors (Lipinski definition) is 1. The predicted molar refractivity (Wildman–Crippen MR) is 88.6 cm³/mol. The molecule has 0 saturated carbocycles. The van der Waals surface area contributed by atoms with E-state index in [1.165, 1.54) is 17.3 Å². The van der Waals surface area contributed by atoms with E-state index in [1.54, 1.807) is 17.0 Å². The Morgan fingerprint density at radius 3 is 2.57 bits per heavy atom. The second kappa shape index (κ2) is 7.74. The first-order valence-electron chi connectivity index (χ1n) is 7.91. The van der Waals surface area contributed by atoms with Gasteiger partial charge in [0.15, 0.2) is 5.03 Å². The van der Waals surface area contributed by atoms with Crippen LogP contribution in [0.25, 0.3) is 0 Å². The van der Waals surface area contributed by atoms with Gasteiger partial charge in [-0.1, -0.05) is 19.4 Å². The first-order chi connectivity index (χ1) is 10.9. The Morgan fingerprint density at radius 2 is 1.96 bits per heavy atom. The molecule has 2 rings (SSSR count). The maximum Gasteiger partial charge on any atom is 0.260 e. The van der Waals surface area contributed by atoms with Gasteiger partial charge in [0.05, 0.1) is 0 Å². The van der Waals surface area contributed by atoms with Gasteiger partial charge in [-0.25, -0.2) is 13.4 Å². The molecule has 0 aliphatic carbocycles. The van der Waals surface area contributed by atoms with Crippen LogP contribution in [0.5, 0.6) is 0 Å². The summed E-state index contributed by atoms with van der Waals surface area (Å²) in [5, 5.41) is 3.19. The van der Waals surface area contributed by atoms with E-state index in [1.807, 2.05) is 0 Å². The highest BCUT2D eigenvalue weighted by Crippen LogP contribution is 2.17. The number of anilines is 1. The molecule has 0 atom stereocenters. The number of piperazine rings is 1. The fourth-order valence-corrected chi connectivity index (χ4v) is 3.80. The van der Waals surface area contributed by atoms with E-state index < -0.39 is 10.0 Å². The van der Waals surface area contributed by atoms with Crippen molar-refractivity contribution in [3.05, 3.63) is 18.2 Å². The van der Waals surface area contributed by atoms with Crippen molar-refractivity contribution in [1.82, 2.24) is 14.2 Å². The lowest BCUT2D eigenvalue weighted by Gasteiger charge is -2.33. The average molecular weight is 340 g/mol. The van der Waals surface area contributed by atoms with Crippen molar-refractivity contribution in [2.24, 2.45) is 0 Å². The number of carbonyl (C=O) groups is 1. The molecule has 1 aliphatic heterocycles. The van der Waals surface area contributed by atoms with Gasteiger partial charge >= 0.3 is 0 Å². The number of pyridine rings is 1. The number of amides is 1. The zero-order valence-corrected chi connectivity index (χ0v) is 14.5. The molecule has 1 amide bonds. The normalized spacial score (nSPS) is 16.3. The Labute approximate surface area is 137 Å². The van der Waals surface area contributed by atoms with Crippen LogP contribution in [0.1, 0.15) is 26.7 Å². The molecule has 1 fully saturated rings. The molecule has 23 heavy (non-hydrogen) atoms. The van der Waals surface area contributed by atoms with Crippen molar-refractivity contribution in [3.63, 3.8) is 0 Å². The van der Waals surface area contributed by atoms with Crippen LogP contribution in [-0.4, -0.2) is 61.2 Å². The largest absolute Gasteiger partial charge is 0.370 e. The summed E-state index contributed by atoms with van der Waals surface area (Å²) in [5.41, 5.74) is 0. The van der Waals surface area contributed by atoms with Gasteiger partial charge in [-0.2, -0.15) is 4.31 Å².